The van der Waals surface area contributed by atoms with Gasteiger partial charge >= 0.3 is 0 Å². The minimum absolute atomic E-state index is 0.138. The van der Waals surface area contributed by atoms with Gasteiger partial charge in [0.05, 0.1) is 9.85 Å². The molecule has 2 rings (SSSR count). The van der Waals surface area contributed by atoms with Crippen molar-refractivity contribution >= 4 is 23.0 Å². The molecule has 1 saturated heterocycles. The Bertz CT molecular complexity index is 595. The second-order valence-electron chi connectivity index (χ2n) is 4.98. The van der Waals surface area contributed by atoms with Crippen LogP contribution in [0.5, 0.6) is 0 Å². The molecule has 9 heteroatoms. The highest BCUT2D eigenvalue weighted by Gasteiger charge is 2.38. The minimum Gasteiger partial charge on any atom is -0.330 e. The van der Waals surface area contributed by atoms with Crippen molar-refractivity contribution in [3.63, 3.8) is 0 Å². The Balaban J connectivity index is 2.63. The number of rotatable bonds is 4. The van der Waals surface area contributed by atoms with E-state index in [1.54, 1.807) is 0 Å². The Morgan fingerprint density at radius 3 is 2.19 bits per heavy atom. The van der Waals surface area contributed by atoms with Crippen LogP contribution in [-0.4, -0.2) is 28.8 Å². The molecular weight excluding hydrogens is 280 g/mol. The zero-order valence-electron chi connectivity index (χ0n) is 11.3. The molecule has 1 unspecified atom stereocenters. The summed E-state index contributed by atoms with van der Waals surface area (Å²) in [6.45, 7) is 1.92. The van der Waals surface area contributed by atoms with Gasteiger partial charge in [-0.15, -0.1) is 0 Å². The van der Waals surface area contributed by atoms with Crippen molar-refractivity contribution in [2.24, 2.45) is 11.7 Å². The number of nitrogens with zero attached hydrogens (tertiary/aromatic N) is 3. The lowest BCUT2D eigenvalue weighted by Crippen LogP contribution is -2.27. The molecule has 1 aliphatic heterocycles. The van der Waals surface area contributed by atoms with Crippen LogP contribution in [0.15, 0.2) is 12.1 Å². The fourth-order valence-corrected chi connectivity index (χ4v) is 2.45. The van der Waals surface area contributed by atoms with Gasteiger partial charge in [-0.2, -0.15) is 0 Å². The van der Waals surface area contributed by atoms with Crippen LogP contribution in [0, 0.1) is 33.1 Å². The lowest BCUT2D eigenvalue weighted by atomic mass is 10.1. The van der Waals surface area contributed by atoms with Crippen molar-refractivity contribution in [3.8, 4) is 0 Å². The summed E-state index contributed by atoms with van der Waals surface area (Å²) in [5.41, 5.74) is 4.77. The van der Waals surface area contributed by atoms with Crippen molar-refractivity contribution in [1.29, 1.82) is 0 Å². The third-order valence-electron chi connectivity index (χ3n) is 3.42. The number of hydrogen-bond acceptors (Lipinski definition) is 6. The van der Waals surface area contributed by atoms with Crippen LogP contribution in [-0.2, 0) is 4.79 Å². The summed E-state index contributed by atoms with van der Waals surface area (Å²) < 4.78 is 0. The molecule has 0 spiro atoms. The number of carbonyl (C=O) groups excluding carboxylic acids is 1. The van der Waals surface area contributed by atoms with E-state index in [1.165, 1.54) is 19.1 Å². The van der Waals surface area contributed by atoms with E-state index in [1.807, 2.05) is 0 Å². The second kappa shape index (κ2) is 5.44. The number of hydrogen-bond donors (Lipinski definition) is 1. The molecule has 0 aromatic heterocycles. The normalized spacial score (nSPS) is 18.1. The van der Waals surface area contributed by atoms with Gasteiger partial charge in [0, 0.05) is 25.1 Å². The molecule has 0 radical (unpaired) electrons. The summed E-state index contributed by atoms with van der Waals surface area (Å²) in [6, 6.07) is 2.46. The molecular formula is C12H14N4O5. The van der Waals surface area contributed by atoms with E-state index in [0.717, 1.165) is 4.90 Å². The van der Waals surface area contributed by atoms with E-state index < -0.39 is 21.2 Å². The van der Waals surface area contributed by atoms with Crippen LogP contribution in [0.4, 0.5) is 17.1 Å². The third-order valence-corrected chi connectivity index (χ3v) is 3.42. The first-order chi connectivity index (χ1) is 9.85. The van der Waals surface area contributed by atoms with Crippen LogP contribution < -0.4 is 10.6 Å². The summed E-state index contributed by atoms with van der Waals surface area (Å²) in [5, 5.41) is 22.4. The lowest BCUT2D eigenvalue weighted by molar-refractivity contribution is -0.392. The summed E-state index contributed by atoms with van der Waals surface area (Å²) in [7, 11) is 0. The van der Waals surface area contributed by atoms with Crippen molar-refractivity contribution in [2.75, 3.05) is 18.0 Å². The molecule has 1 aliphatic rings. The van der Waals surface area contributed by atoms with Gasteiger partial charge < -0.3 is 10.6 Å². The summed E-state index contributed by atoms with van der Waals surface area (Å²) in [4.78, 5) is 34.1. The largest absolute Gasteiger partial charge is 0.330 e. The Labute approximate surface area is 119 Å². The molecule has 2 N–H and O–H groups in total. The zero-order valence-corrected chi connectivity index (χ0v) is 11.3. The summed E-state index contributed by atoms with van der Waals surface area (Å²) >= 11 is 0. The van der Waals surface area contributed by atoms with Gasteiger partial charge in [-0.1, -0.05) is 0 Å². The predicted molar refractivity (Wildman–Crippen MR) is 74.0 cm³/mol. The van der Waals surface area contributed by atoms with E-state index in [9.17, 15) is 25.0 Å². The highest BCUT2D eigenvalue weighted by molar-refractivity contribution is 6.00. The van der Waals surface area contributed by atoms with Gasteiger partial charge in [-0.25, -0.2) is 0 Å². The predicted octanol–water partition coefficient (Wildman–Crippen LogP) is 1.12. The fourth-order valence-electron chi connectivity index (χ4n) is 2.45. The van der Waals surface area contributed by atoms with E-state index in [2.05, 4.69) is 0 Å². The second-order valence-corrected chi connectivity index (χ2v) is 4.98. The van der Waals surface area contributed by atoms with Crippen LogP contribution in [0.25, 0.3) is 0 Å². The number of nitrogens with two attached hydrogens (primary N) is 1. The first-order valence-corrected chi connectivity index (χ1v) is 6.29. The molecule has 0 bridgehead atoms. The lowest BCUT2D eigenvalue weighted by Gasteiger charge is -2.17. The quantitative estimate of drug-likeness (QED) is 0.653. The Morgan fingerprint density at radius 1 is 1.29 bits per heavy atom. The topological polar surface area (TPSA) is 133 Å². The number of nitro groups is 2. The highest BCUT2D eigenvalue weighted by atomic mass is 16.6. The van der Waals surface area contributed by atoms with Gasteiger partial charge in [0.1, 0.15) is 0 Å². The van der Waals surface area contributed by atoms with E-state index >= 15 is 0 Å². The van der Waals surface area contributed by atoms with Crippen molar-refractivity contribution in [3.05, 3.63) is 37.9 Å². The average molecular weight is 294 g/mol. The smallest absolute Gasteiger partial charge is 0.300 e. The summed E-state index contributed by atoms with van der Waals surface area (Å²) in [6.07, 6.45) is 0.138. The van der Waals surface area contributed by atoms with Crippen LogP contribution in [0.3, 0.4) is 0 Å². The van der Waals surface area contributed by atoms with Gasteiger partial charge in [-0.05, 0) is 24.9 Å². The maximum absolute atomic E-state index is 12.0. The molecule has 1 heterocycles. The van der Waals surface area contributed by atoms with Crippen molar-refractivity contribution in [1.82, 2.24) is 0 Å². The minimum atomic E-state index is -0.710. The average Bonchev–Trinajstić information content (AvgIpc) is 2.78. The SMILES string of the molecule is Cc1cc([N+](=O)[O-])c(N2CC(CN)CC2=O)c([N+](=O)[O-])c1. The van der Waals surface area contributed by atoms with Gasteiger partial charge in [0.15, 0.2) is 0 Å². The Kier molecular flexibility index (Phi) is 3.85. The molecule has 0 aliphatic carbocycles. The molecule has 1 aromatic rings. The summed E-state index contributed by atoms with van der Waals surface area (Å²) in [5.74, 6) is -0.543. The number of nitro benzene ring substituents is 2. The van der Waals surface area contributed by atoms with Crippen LogP contribution in [0.1, 0.15) is 12.0 Å². The molecule has 9 nitrogen and oxygen atoms in total. The number of carbonyl (C=O) groups is 1. The van der Waals surface area contributed by atoms with Crippen molar-refractivity contribution < 1.29 is 14.6 Å². The molecule has 21 heavy (non-hydrogen) atoms. The fraction of sp³-hybridized carbons (Fsp3) is 0.417. The number of aryl methyl sites for hydroxylation is 1. The third kappa shape index (κ3) is 2.68. The van der Waals surface area contributed by atoms with Gasteiger partial charge in [0.2, 0.25) is 11.6 Å². The van der Waals surface area contributed by atoms with Crippen LogP contribution in [0.2, 0.25) is 0 Å². The molecule has 1 fully saturated rings. The monoisotopic (exact) mass is 294 g/mol. The first-order valence-electron chi connectivity index (χ1n) is 6.29. The number of amides is 1. The Morgan fingerprint density at radius 2 is 1.81 bits per heavy atom. The molecule has 1 atom stereocenters. The maximum Gasteiger partial charge on any atom is 0.300 e. The van der Waals surface area contributed by atoms with E-state index in [4.69, 9.17) is 5.73 Å². The van der Waals surface area contributed by atoms with Crippen molar-refractivity contribution in [2.45, 2.75) is 13.3 Å². The number of benzene rings is 1. The van der Waals surface area contributed by atoms with E-state index in [0.29, 0.717) is 5.56 Å². The first kappa shape index (κ1) is 14.9. The maximum atomic E-state index is 12.0. The molecule has 0 saturated carbocycles. The van der Waals surface area contributed by atoms with Crippen LogP contribution >= 0.6 is 0 Å². The molecule has 1 amide bonds. The standard InChI is InChI=1S/C12H14N4O5/c1-7-2-9(15(18)19)12(10(3-7)16(20)21)14-6-8(5-13)4-11(14)17/h2-3,8H,4-6,13H2,1H3. The van der Waals surface area contributed by atoms with Gasteiger partial charge in [0.25, 0.3) is 11.4 Å². The highest BCUT2D eigenvalue weighted by Crippen LogP contribution is 2.41. The molecule has 112 valence electrons. The Hall–Kier alpha value is -2.55. The molecule has 1 aromatic carbocycles. The van der Waals surface area contributed by atoms with E-state index in [-0.39, 0.29) is 37.0 Å². The van der Waals surface area contributed by atoms with Gasteiger partial charge in [-0.3, -0.25) is 25.0 Å². The zero-order chi connectivity index (χ0) is 15.7. The number of anilines is 1.